The predicted molar refractivity (Wildman–Crippen MR) is 75.1 cm³/mol. The highest BCUT2D eigenvalue weighted by Crippen LogP contribution is 2.41. The summed E-state index contributed by atoms with van der Waals surface area (Å²) in [6.07, 6.45) is 3.54. The van der Waals surface area contributed by atoms with Crippen LogP contribution in [-0.2, 0) is 0 Å². The molecular formula is C15H17N3O. The van der Waals surface area contributed by atoms with E-state index in [2.05, 4.69) is 16.4 Å². The number of anilines is 1. The van der Waals surface area contributed by atoms with Crippen LogP contribution in [-0.4, -0.2) is 18.6 Å². The average molecular weight is 255 g/mol. The number of pyridine rings is 1. The Labute approximate surface area is 112 Å². The number of benzene rings is 1. The van der Waals surface area contributed by atoms with Gasteiger partial charge < -0.3 is 15.8 Å². The SMILES string of the molecule is CNC(c1cnccc1N)C1COc2ccccc21. The van der Waals surface area contributed by atoms with Gasteiger partial charge in [-0.05, 0) is 19.2 Å². The maximum atomic E-state index is 6.06. The van der Waals surface area contributed by atoms with Crippen molar-refractivity contribution < 1.29 is 4.74 Å². The van der Waals surface area contributed by atoms with Crippen LogP contribution >= 0.6 is 0 Å². The van der Waals surface area contributed by atoms with Crippen molar-refractivity contribution in [2.45, 2.75) is 12.0 Å². The minimum absolute atomic E-state index is 0.109. The lowest BCUT2D eigenvalue weighted by Crippen LogP contribution is -2.26. The van der Waals surface area contributed by atoms with Crippen molar-refractivity contribution in [3.05, 3.63) is 53.9 Å². The van der Waals surface area contributed by atoms with Crippen molar-refractivity contribution in [3.63, 3.8) is 0 Å². The number of rotatable bonds is 3. The molecule has 0 saturated heterocycles. The van der Waals surface area contributed by atoms with Crippen LogP contribution in [0.1, 0.15) is 23.1 Å². The van der Waals surface area contributed by atoms with Crippen molar-refractivity contribution in [1.82, 2.24) is 10.3 Å². The van der Waals surface area contributed by atoms with Crippen LogP contribution in [0.2, 0.25) is 0 Å². The summed E-state index contributed by atoms with van der Waals surface area (Å²) in [7, 11) is 1.94. The Morgan fingerprint density at radius 2 is 2.21 bits per heavy atom. The number of likely N-dealkylation sites (N-methyl/N-ethyl adjacent to an activating group) is 1. The molecular weight excluding hydrogens is 238 g/mol. The molecule has 0 bridgehead atoms. The molecule has 2 atom stereocenters. The van der Waals surface area contributed by atoms with E-state index in [1.165, 1.54) is 5.56 Å². The summed E-state index contributed by atoms with van der Waals surface area (Å²) >= 11 is 0. The lowest BCUT2D eigenvalue weighted by molar-refractivity contribution is 0.304. The molecule has 2 aromatic rings. The van der Waals surface area contributed by atoms with Crippen molar-refractivity contribution in [2.24, 2.45) is 0 Å². The maximum absolute atomic E-state index is 6.06. The molecule has 4 heteroatoms. The fraction of sp³-hybridized carbons (Fsp3) is 0.267. The molecule has 1 aromatic carbocycles. The van der Waals surface area contributed by atoms with E-state index in [-0.39, 0.29) is 12.0 Å². The summed E-state index contributed by atoms with van der Waals surface area (Å²) in [6.45, 7) is 0.666. The van der Waals surface area contributed by atoms with Gasteiger partial charge >= 0.3 is 0 Å². The summed E-state index contributed by atoms with van der Waals surface area (Å²) < 4.78 is 5.75. The van der Waals surface area contributed by atoms with E-state index in [4.69, 9.17) is 10.5 Å². The molecule has 0 fully saturated rings. The highest BCUT2D eigenvalue weighted by Gasteiger charge is 2.32. The molecule has 1 aromatic heterocycles. The van der Waals surface area contributed by atoms with E-state index < -0.39 is 0 Å². The van der Waals surface area contributed by atoms with Gasteiger partial charge in [-0.25, -0.2) is 0 Å². The number of para-hydroxylation sites is 1. The number of hydrogen-bond donors (Lipinski definition) is 2. The summed E-state index contributed by atoms with van der Waals surface area (Å²) in [5, 5.41) is 3.34. The van der Waals surface area contributed by atoms with Crippen LogP contribution in [0.25, 0.3) is 0 Å². The second-order valence-corrected chi connectivity index (χ2v) is 4.73. The fourth-order valence-corrected chi connectivity index (χ4v) is 2.71. The van der Waals surface area contributed by atoms with Gasteiger partial charge in [0.15, 0.2) is 0 Å². The first-order chi connectivity index (χ1) is 9.31. The summed E-state index contributed by atoms with van der Waals surface area (Å²) in [5.74, 6) is 1.22. The van der Waals surface area contributed by atoms with Crippen LogP contribution in [0.4, 0.5) is 5.69 Å². The first kappa shape index (κ1) is 12.0. The quantitative estimate of drug-likeness (QED) is 0.881. The topological polar surface area (TPSA) is 60.2 Å². The van der Waals surface area contributed by atoms with Gasteiger partial charge in [0.1, 0.15) is 5.75 Å². The van der Waals surface area contributed by atoms with Crippen molar-refractivity contribution >= 4 is 5.69 Å². The van der Waals surface area contributed by atoms with E-state index in [9.17, 15) is 0 Å². The molecule has 0 spiro atoms. The summed E-state index contributed by atoms with van der Waals surface area (Å²) in [4.78, 5) is 4.18. The molecule has 1 aliphatic heterocycles. The number of nitrogen functional groups attached to an aromatic ring is 1. The Balaban J connectivity index is 1.99. The van der Waals surface area contributed by atoms with Crippen molar-refractivity contribution in [1.29, 1.82) is 0 Å². The van der Waals surface area contributed by atoms with Gasteiger partial charge in [-0.1, -0.05) is 18.2 Å². The molecule has 0 saturated carbocycles. The molecule has 2 heterocycles. The Bertz CT molecular complexity index is 585. The molecule has 2 unspecified atom stereocenters. The predicted octanol–water partition coefficient (Wildman–Crippen LogP) is 2.10. The van der Waals surface area contributed by atoms with E-state index in [1.54, 1.807) is 6.20 Å². The Kier molecular flexibility index (Phi) is 3.09. The number of nitrogens with two attached hydrogens (primary N) is 1. The van der Waals surface area contributed by atoms with E-state index in [0.717, 1.165) is 17.0 Å². The van der Waals surface area contributed by atoms with Crippen LogP contribution in [0.15, 0.2) is 42.7 Å². The first-order valence-corrected chi connectivity index (χ1v) is 6.39. The van der Waals surface area contributed by atoms with Gasteiger partial charge in [-0.15, -0.1) is 0 Å². The van der Waals surface area contributed by atoms with Crippen LogP contribution in [0.5, 0.6) is 5.75 Å². The van der Waals surface area contributed by atoms with Gasteiger partial charge in [-0.2, -0.15) is 0 Å². The molecule has 19 heavy (non-hydrogen) atoms. The number of ether oxygens (including phenoxy) is 1. The lowest BCUT2D eigenvalue weighted by atomic mass is 9.88. The molecule has 0 aliphatic carbocycles. The van der Waals surface area contributed by atoms with Crippen LogP contribution in [0.3, 0.4) is 0 Å². The highest BCUT2D eigenvalue weighted by molar-refractivity contribution is 5.49. The zero-order valence-corrected chi connectivity index (χ0v) is 10.8. The van der Waals surface area contributed by atoms with Gasteiger partial charge in [0, 0.05) is 41.2 Å². The zero-order chi connectivity index (χ0) is 13.2. The van der Waals surface area contributed by atoms with Gasteiger partial charge in [0.25, 0.3) is 0 Å². The minimum Gasteiger partial charge on any atom is -0.493 e. The molecule has 3 rings (SSSR count). The fourth-order valence-electron chi connectivity index (χ4n) is 2.71. The summed E-state index contributed by atoms with van der Waals surface area (Å²) in [6, 6.07) is 10.1. The van der Waals surface area contributed by atoms with E-state index >= 15 is 0 Å². The summed E-state index contributed by atoms with van der Waals surface area (Å²) in [5.41, 5.74) is 9.08. The first-order valence-electron chi connectivity index (χ1n) is 6.39. The van der Waals surface area contributed by atoms with Crippen molar-refractivity contribution in [2.75, 3.05) is 19.4 Å². The zero-order valence-electron chi connectivity index (χ0n) is 10.8. The highest BCUT2D eigenvalue weighted by atomic mass is 16.5. The Morgan fingerprint density at radius 3 is 3.00 bits per heavy atom. The van der Waals surface area contributed by atoms with Crippen molar-refractivity contribution in [3.8, 4) is 5.75 Å². The number of nitrogens with zero attached hydrogens (tertiary/aromatic N) is 1. The lowest BCUT2D eigenvalue weighted by Gasteiger charge is -2.23. The van der Waals surface area contributed by atoms with Gasteiger partial charge in [0.05, 0.1) is 6.61 Å². The smallest absolute Gasteiger partial charge is 0.122 e. The molecule has 0 amide bonds. The second-order valence-electron chi connectivity index (χ2n) is 4.73. The third kappa shape index (κ3) is 2.04. The molecule has 1 aliphatic rings. The number of hydrogen-bond acceptors (Lipinski definition) is 4. The normalized spacial score (nSPS) is 18.7. The maximum Gasteiger partial charge on any atom is 0.122 e. The van der Waals surface area contributed by atoms with E-state index in [1.807, 2.05) is 37.5 Å². The Morgan fingerprint density at radius 1 is 1.37 bits per heavy atom. The molecule has 4 nitrogen and oxygen atoms in total. The third-order valence-corrected chi connectivity index (χ3v) is 3.67. The number of nitrogens with one attached hydrogen (secondary N) is 1. The van der Waals surface area contributed by atoms with Crippen LogP contribution in [0, 0.1) is 0 Å². The van der Waals surface area contributed by atoms with E-state index in [0.29, 0.717) is 6.61 Å². The van der Waals surface area contributed by atoms with Gasteiger partial charge in [-0.3, -0.25) is 4.98 Å². The molecule has 98 valence electrons. The third-order valence-electron chi connectivity index (χ3n) is 3.67. The molecule has 3 N–H and O–H groups in total. The molecule has 0 radical (unpaired) electrons. The van der Waals surface area contributed by atoms with Gasteiger partial charge in [0.2, 0.25) is 0 Å². The largest absolute Gasteiger partial charge is 0.493 e. The standard InChI is InChI=1S/C15H17N3O/c1-17-15(11-8-18-7-6-13(11)16)12-9-19-14-5-3-2-4-10(12)14/h2-8,12,15,17H,9H2,1H3,(H2,16,18). The Hall–Kier alpha value is -2.07. The minimum atomic E-state index is 0.109. The second kappa shape index (κ2) is 4.90. The van der Waals surface area contributed by atoms with Crippen LogP contribution < -0.4 is 15.8 Å². The average Bonchev–Trinajstić information content (AvgIpc) is 2.86. The monoisotopic (exact) mass is 255 g/mol. The number of aromatic nitrogens is 1. The number of fused-ring (bicyclic) bond motifs is 1.